The summed E-state index contributed by atoms with van der Waals surface area (Å²) < 4.78 is 0. The van der Waals surface area contributed by atoms with Crippen molar-refractivity contribution < 1.29 is 9.59 Å². The maximum Gasteiger partial charge on any atom is 0.228 e. The van der Waals surface area contributed by atoms with Crippen LogP contribution in [0, 0.1) is 11.3 Å². The fourth-order valence-corrected chi connectivity index (χ4v) is 2.73. The van der Waals surface area contributed by atoms with Crippen molar-refractivity contribution in [2.75, 3.05) is 11.4 Å². The van der Waals surface area contributed by atoms with E-state index in [1.54, 1.807) is 23.1 Å². The van der Waals surface area contributed by atoms with Gasteiger partial charge in [0.2, 0.25) is 11.8 Å². The third-order valence-electron chi connectivity index (χ3n) is 3.91. The normalized spacial score (nSPS) is 10.2. The van der Waals surface area contributed by atoms with Crippen molar-refractivity contribution in [3.63, 3.8) is 0 Å². The van der Waals surface area contributed by atoms with Crippen LogP contribution in [0.3, 0.4) is 0 Å². The molecule has 26 heavy (non-hydrogen) atoms. The lowest BCUT2D eigenvalue weighted by molar-refractivity contribution is -0.121. The van der Waals surface area contributed by atoms with Crippen molar-refractivity contribution >= 4 is 17.5 Å². The molecule has 0 aliphatic heterocycles. The van der Waals surface area contributed by atoms with Crippen LogP contribution in [0.25, 0.3) is 0 Å². The molecule has 0 aliphatic carbocycles. The molecule has 0 fully saturated rings. The Bertz CT molecular complexity index is 794. The minimum absolute atomic E-state index is 0.0449. The highest BCUT2D eigenvalue weighted by Gasteiger charge is 2.19. The van der Waals surface area contributed by atoms with Crippen LogP contribution >= 0.6 is 0 Å². The zero-order valence-electron chi connectivity index (χ0n) is 15.1. The van der Waals surface area contributed by atoms with Gasteiger partial charge in [-0.15, -0.1) is 0 Å². The van der Waals surface area contributed by atoms with Crippen LogP contribution in [0.5, 0.6) is 0 Å². The molecule has 0 aliphatic rings. The first-order valence-corrected chi connectivity index (χ1v) is 8.64. The number of benzene rings is 2. The van der Waals surface area contributed by atoms with Crippen molar-refractivity contribution in [1.29, 1.82) is 5.26 Å². The highest BCUT2D eigenvalue weighted by Crippen LogP contribution is 2.19. The summed E-state index contributed by atoms with van der Waals surface area (Å²) in [6.45, 7) is 4.13. The van der Waals surface area contributed by atoms with Gasteiger partial charge >= 0.3 is 0 Å². The number of amides is 2. The summed E-state index contributed by atoms with van der Waals surface area (Å²) >= 11 is 0. The monoisotopic (exact) mass is 349 g/mol. The Hall–Kier alpha value is -3.13. The van der Waals surface area contributed by atoms with Gasteiger partial charge in [-0.2, -0.15) is 5.26 Å². The van der Waals surface area contributed by atoms with Gasteiger partial charge in [-0.25, -0.2) is 0 Å². The Morgan fingerprint density at radius 3 is 2.50 bits per heavy atom. The smallest absolute Gasteiger partial charge is 0.228 e. The molecule has 0 radical (unpaired) electrons. The molecule has 2 aromatic carbocycles. The molecule has 1 N–H and O–H groups in total. The van der Waals surface area contributed by atoms with E-state index in [1.807, 2.05) is 50.2 Å². The molecule has 0 heterocycles. The molecule has 2 rings (SSSR count). The molecule has 0 bridgehead atoms. The number of nitrogens with one attached hydrogen (secondary N) is 1. The van der Waals surface area contributed by atoms with Crippen LogP contribution in [-0.4, -0.2) is 24.4 Å². The van der Waals surface area contributed by atoms with Gasteiger partial charge in [-0.05, 0) is 37.6 Å². The average Bonchev–Trinajstić information content (AvgIpc) is 2.62. The molecule has 0 spiro atoms. The molecular weight excluding hydrogens is 326 g/mol. The Morgan fingerprint density at radius 1 is 1.12 bits per heavy atom. The summed E-state index contributed by atoms with van der Waals surface area (Å²) in [5, 5.41) is 11.8. The van der Waals surface area contributed by atoms with Crippen LogP contribution in [-0.2, 0) is 16.0 Å². The van der Waals surface area contributed by atoms with E-state index in [0.717, 1.165) is 5.56 Å². The number of nitriles is 1. The lowest BCUT2D eigenvalue weighted by atomic mass is 10.1. The second-order valence-electron chi connectivity index (χ2n) is 6.28. The Balaban J connectivity index is 1.91. The molecule has 0 unspecified atom stereocenters. The summed E-state index contributed by atoms with van der Waals surface area (Å²) in [6.07, 6.45) is 0.503. The number of hydrogen-bond donors (Lipinski definition) is 1. The van der Waals surface area contributed by atoms with Gasteiger partial charge in [0, 0.05) is 24.7 Å². The molecule has 0 atom stereocenters. The van der Waals surface area contributed by atoms with E-state index in [2.05, 4.69) is 11.4 Å². The number of hydrogen-bond acceptors (Lipinski definition) is 3. The number of anilines is 1. The number of carbonyl (C=O) groups excluding carboxylic acids is 2. The molecule has 2 amide bonds. The third-order valence-corrected chi connectivity index (χ3v) is 3.91. The first-order chi connectivity index (χ1) is 12.5. The van der Waals surface area contributed by atoms with Gasteiger partial charge < -0.3 is 10.2 Å². The molecule has 0 aromatic heterocycles. The SMILES string of the molecule is CC(C)N(C(=O)CCNC(=O)Cc1ccccc1)c1cccc(C#N)c1. The molecule has 0 saturated heterocycles. The maximum absolute atomic E-state index is 12.6. The standard InChI is InChI=1S/C21H23N3O2/c1-16(2)24(19-10-6-9-18(13-19)15-22)21(26)11-12-23-20(25)14-17-7-4-3-5-8-17/h3-10,13,16H,11-12,14H2,1-2H3,(H,23,25). The van der Waals surface area contributed by atoms with E-state index in [9.17, 15) is 9.59 Å². The molecule has 5 heteroatoms. The number of rotatable bonds is 7. The highest BCUT2D eigenvalue weighted by atomic mass is 16.2. The van der Waals surface area contributed by atoms with Gasteiger partial charge in [0.25, 0.3) is 0 Å². The van der Waals surface area contributed by atoms with Crippen LogP contribution in [0.1, 0.15) is 31.4 Å². The topological polar surface area (TPSA) is 73.2 Å². The van der Waals surface area contributed by atoms with Crippen molar-refractivity contribution in [2.45, 2.75) is 32.7 Å². The zero-order chi connectivity index (χ0) is 18.9. The lowest BCUT2D eigenvalue weighted by Crippen LogP contribution is -2.39. The number of nitrogens with zero attached hydrogens (tertiary/aromatic N) is 2. The first-order valence-electron chi connectivity index (χ1n) is 8.64. The van der Waals surface area contributed by atoms with Crippen molar-refractivity contribution in [2.24, 2.45) is 0 Å². The Kier molecular flexibility index (Phi) is 6.92. The first kappa shape index (κ1) is 19.2. The van der Waals surface area contributed by atoms with E-state index < -0.39 is 0 Å². The van der Waals surface area contributed by atoms with Crippen molar-refractivity contribution in [3.05, 3.63) is 65.7 Å². The van der Waals surface area contributed by atoms with E-state index >= 15 is 0 Å². The second kappa shape index (κ2) is 9.38. The van der Waals surface area contributed by atoms with Crippen LogP contribution < -0.4 is 10.2 Å². The Morgan fingerprint density at radius 2 is 1.85 bits per heavy atom. The fourth-order valence-electron chi connectivity index (χ4n) is 2.73. The second-order valence-corrected chi connectivity index (χ2v) is 6.28. The molecule has 134 valence electrons. The van der Waals surface area contributed by atoms with Crippen molar-refractivity contribution in [3.8, 4) is 6.07 Å². The number of carbonyl (C=O) groups is 2. The lowest BCUT2D eigenvalue weighted by Gasteiger charge is -2.27. The van der Waals surface area contributed by atoms with Gasteiger partial charge in [-0.3, -0.25) is 9.59 Å². The van der Waals surface area contributed by atoms with Gasteiger partial charge in [0.15, 0.2) is 0 Å². The minimum Gasteiger partial charge on any atom is -0.355 e. The molecule has 2 aromatic rings. The van der Waals surface area contributed by atoms with Crippen LogP contribution in [0.15, 0.2) is 54.6 Å². The summed E-state index contributed by atoms with van der Waals surface area (Å²) in [7, 11) is 0. The van der Waals surface area contributed by atoms with Gasteiger partial charge in [-0.1, -0.05) is 36.4 Å². The third kappa shape index (κ3) is 5.45. The summed E-state index contributed by atoms with van der Waals surface area (Å²) in [5.41, 5.74) is 2.14. The van der Waals surface area contributed by atoms with Gasteiger partial charge in [0.1, 0.15) is 0 Å². The highest BCUT2D eigenvalue weighted by molar-refractivity contribution is 5.94. The molecular formula is C21H23N3O2. The van der Waals surface area contributed by atoms with E-state index in [4.69, 9.17) is 5.26 Å². The zero-order valence-corrected chi connectivity index (χ0v) is 15.1. The van der Waals surface area contributed by atoms with E-state index in [0.29, 0.717) is 17.7 Å². The van der Waals surface area contributed by atoms with Gasteiger partial charge in [0.05, 0.1) is 18.1 Å². The predicted molar refractivity (Wildman–Crippen MR) is 102 cm³/mol. The van der Waals surface area contributed by atoms with Crippen molar-refractivity contribution in [1.82, 2.24) is 5.32 Å². The maximum atomic E-state index is 12.6. The summed E-state index contributed by atoms with van der Waals surface area (Å²) in [4.78, 5) is 26.3. The predicted octanol–water partition coefficient (Wildman–Crippen LogP) is 3.05. The average molecular weight is 349 g/mol. The molecule has 5 nitrogen and oxygen atoms in total. The minimum atomic E-state index is -0.105. The molecule has 0 saturated carbocycles. The van der Waals surface area contributed by atoms with E-state index in [1.165, 1.54) is 0 Å². The quantitative estimate of drug-likeness (QED) is 0.835. The summed E-state index contributed by atoms with van der Waals surface area (Å²) in [5.74, 6) is -0.193. The Labute approximate surface area is 154 Å². The van der Waals surface area contributed by atoms with Crippen LogP contribution in [0.2, 0.25) is 0 Å². The van der Waals surface area contributed by atoms with E-state index in [-0.39, 0.29) is 30.8 Å². The largest absolute Gasteiger partial charge is 0.355 e. The summed E-state index contributed by atoms with van der Waals surface area (Å²) in [6, 6.07) is 18.5. The fraction of sp³-hybridized carbons (Fsp3) is 0.286. The van der Waals surface area contributed by atoms with Crippen LogP contribution in [0.4, 0.5) is 5.69 Å².